The number of hydrogen-bond donors (Lipinski definition) is 0. The molecule has 118 valence electrons. The van der Waals surface area contributed by atoms with Crippen LogP contribution < -0.4 is 0 Å². The first-order valence-electron chi connectivity index (χ1n) is 7.31. The molecule has 0 unspecified atom stereocenters. The van der Waals surface area contributed by atoms with Gasteiger partial charge in [-0.1, -0.05) is 26.3 Å². The molecule has 0 fully saturated rings. The Hall–Kier alpha value is -0.390. The van der Waals surface area contributed by atoms with Crippen LogP contribution in [0.5, 0.6) is 0 Å². The predicted molar refractivity (Wildman–Crippen MR) is 85.3 cm³/mol. The molecule has 1 aliphatic rings. The summed E-state index contributed by atoms with van der Waals surface area (Å²) in [4.78, 5) is 2.12. The lowest BCUT2D eigenvalue weighted by Crippen LogP contribution is -2.43. The van der Waals surface area contributed by atoms with E-state index in [9.17, 15) is 8.42 Å². The van der Waals surface area contributed by atoms with Gasteiger partial charge in [0.05, 0.1) is 5.25 Å². The molecule has 1 rings (SSSR count). The summed E-state index contributed by atoms with van der Waals surface area (Å²) in [5, 5.41) is -0.348. The van der Waals surface area contributed by atoms with Gasteiger partial charge in [0.25, 0.3) is 0 Å². The van der Waals surface area contributed by atoms with E-state index in [0.29, 0.717) is 13.1 Å². The van der Waals surface area contributed by atoms with Crippen molar-refractivity contribution in [3.05, 3.63) is 11.1 Å². The monoisotopic (exact) mass is 302 g/mol. The quantitative estimate of drug-likeness (QED) is 0.748. The van der Waals surface area contributed by atoms with Crippen molar-refractivity contribution >= 4 is 10.0 Å². The molecule has 0 aliphatic carbocycles. The highest BCUT2D eigenvalue weighted by atomic mass is 32.2. The number of nitrogens with zero attached hydrogens (tertiary/aromatic N) is 2. The first-order chi connectivity index (χ1) is 8.96. The summed E-state index contributed by atoms with van der Waals surface area (Å²) in [7, 11) is 0.905. The van der Waals surface area contributed by atoms with Crippen LogP contribution in [0.2, 0.25) is 0 Å². The van der Waals surface area contributed by atoms with Crippen LogP contribution in [0.3, 0.4) is 0 Å². The molecule has 0 aromatic heterocycles. The lowest BCUT2D eigenvalue weighted by Gasteiger charge is -2.37. The van der Waals surface area contributed by atoms with Crippen LogP contribution in [-0.4, -0.2) is 56.6 Å². The van der Waals surface area contributed by atoms with Crippen molar-refractivity contribution in [3.63, 3.8) is 0 Å². The smallest absolute Gasteiger partial charge is 0.216 e. The molecule has 0 aromatic rings. The van der Waals surface area contributed by atoms with Crippen molar-refractivity contribution in [2.24, 2.45) is 5.41 Å². The SMILES string of the molecule is CC(C)S(=O)(=O)N1CCC(C(C)(C)C)=C(CN(C)C)C1. The zero-order chi connectivity index (χ0) is 15.7. The highest BCUT2D eigenvalue weighted by Gasteiger charge is 2.33. The van der Waals surface area contributed by atoms with Gasteiger partial charge < -0.3 is 4.90 Å². The van der Waals surface area contributed by atoms with Crippen molar-refractivity contribution in [2.45, 2.75) is 46.3 Å². The van der Waals surface area contributed by atoms with Crippen LogP contribution in [-0.2, 0) is 10.0 Å². The average molecular weight is 302 g/mol. The summed E-state index contributed by atoms with van der Waals surface area (Å²) in [6.07, 6.45) is 0.846. The Bertz CT molecular complexity index is 471. The van der Waals surface area contributed by atoms with E-state index in [4.69, 9.17) is 0 Å². The van der Waals surface area contributed by atoms with E-state index >= 15 is 0 Å². The minimum atomic E-state index is -3.16. The predicted octanol–water partition coefficient (Wildman–Crippen LogP) is 2.33. The zero-order valence-electron chi connectivity index (χ0n) is 14.0. The fourth-order valence-corrected chi connectivity index (χ4v) is 4.03. The van der Waals surface area contributed by atoms with E-state index in [1.165, 1.54) is 11.1 Å². The number of rotatable bonds is 4. The summed E-state index contributed by atoms with van der Waals surface area (Å²) in [5.41, 5.74) is 2.79. The second-order valence-electron chi connectivity index (χ2n) is 7.25. The highest BCUT2D eigenvalue weighted by molar-refractivity contribution is 7.89. The van der Waals surface area contributed by atoms with Gasteiger partial charge >= 0.3 is 0 Å². The molecule has 1 aliphatic heterocycles. The third-order valence-electron chi connectivity index (χ3n) is 3.77. The van der Waals surface area contributed by atoms with Gasteiger partial charge in [0.2, 0.25) is 10.0 Å². The third-order valence-corrected chi connectivity index (χ3v) is 6.00. The van der Waals surface area contributed by atoms with E-state index in [1.807, 2.05) is 14.1 Å². The van der Waals surface area contributed by atoms with Gasteiger partial charge in [0, 0.05) is 19.6 Å². The maximum absolute atomic E-state index is 12.4. The summed E-state index contributed by atoms with van der Waals surface area (Å²) in [6, 6.07) is 0. The van der Waals surface area contributed by atoms with Crippen LogP contribution >= 0.6 is 0 Å². The Morgan fingerprint density at radius 1 is 1.25 bits per heavy atom. The van der Waals surface area contributed by atoms with E-state index in [0.717, 1.165) is 13.0 Å². The van der Waals surface area contributed by atoms with Gasteiger partial charge in [-0.15, -0.1) is 0 Å². The molecule has 0 amide bonds. The van der Waals surface area contributed by atoms with Crippen LogP contribution in [0.4, 0.5) is 0 Å². The second kappa shape index (κ2) is 6.16. The van der Waals surface area contributed by atoms with Crippen LogP contribution in [0.1, 0.15) is 41.0 Å². The van der Waals surface area contributed by atoms with E-state index in [2.05, 4.69) is 25.7 Å². The molecule has 0 bridgehead atoms. The molecular weight excluding hydrogens is 272 g/mol. The minimum absolute atomic E-state index is 0.110. The number of sulfonamides is 1. The maximum atomic E-state index is 12.4. The Morgan fingerprint density at radius 2 is 1.80 bits per heavy atom. The van der Waals surface area contributed by atoms with Gasteiger partial charge in [0.1, 0.15) is 0 Å². The fourth-order valence-electron chi connectivity index (χ4n) is 2.75. The van der Waals surface area contributed by atoms with Gasteiger partial charge in [-0.3, -0.25) is 0 Å². The molecule has 1 heterocycles. The molecule has 0 atom stereocenters. The third kappa shape index (κ3) is 4.06. The van der Waals surface area contributed by atoms with Crippen LogP contribution in [0.15, 0.2) is 11.1 Å². The molecule has 0 aromatic carbocycles. The largest absolute Gasteiger partial charge is 0.305 e. The van der Waals surface area contributed by atoms with Crippen molar-refractivity contribution in [1.82, 2.24) is 9.21 Å². The molecule has 0 radical (unpaired) electrons. The minimum Gasteiger partial charge on any atom is -0.305 e. The molecule has 0 N–H and O–H groups in total. The molecule has 0 saturated carbocycles. The molecule has 20 heavy (non-hydrogen) atoms. The van der Waals surface area contributed by atoms with Crippen molar-refractivity contribution in [3.8, 4) is 0 Å². The Morgan fingerprint density at radius 3 is 2.20 bits per heavy atom. The van der Waals surface area contributed by atoms with Crippen molar-refractivity contribution in [2.75, 3.05) is 33.7 Å². The first-order valence-corrected chi connectivity index (χ1v) is 8.81. The molecular formula is C15H30N2O2S. The number of hydrogen-bond acceptors (Lipinski definition) is 3. The summed E-state index contributed by atoms with van der Waals surface area (Å²) in [5.74, 6) is 0. The van der Waals surface area contributed by atoms with Crippen molar-refractivity contribution in [1.29, 1.82) is 0 Å². The zero-order valence-corrected chi connectivity index (χ0v) is 14.8. The van der Waals surface area contributed by atoms with Gasteiger partial charge in [-0.2, -0.15) is 4.31 Å². The van der Waals surface area contributed by atoms with Crippen LogP contribution in [0.25, 0.3) is 0 Å². The molecule has 0 saturated heterocycles. The summed E-state index contributed by atoms with van der Waals surface area (Å²) >= 11 is 0. The summed E-state index contributed by atoms with van der Waals surface area (Å²) in [6.45, 7) is 12.1. The summed E-state index contributed by atoms with van der Waals surface area (Å²) < 4.78 is 26.4. The Kier molecular flexibility index (Phi) is 5.44. The van der Waals surface area contributed by atoms with Crippen LogP contribution in [0, 0.1) is 5.41 Å². The lowest BCUT2D eigenvalue weighted by molar-refractivity contribution is 0.348. The topological polar surface area (TPSA) is 40.6 Å². The Labute approximate surface area is 124 Å². The Balaban J connectivity index is 3.10. The standard InChI is InChI=1S/C15H30N2O2S/c1-12(2)20(18,19)17-9-8-14(15(3,4)5)13(11-17)10-16(6)7/h12H,8-11H2,1-7H3. The number of likely N-dealkylation sites (N-methyl/N-ethyl adjacent to an activating group) is 1. The van der Waals surface area contributed by atoms with E-state index < -0.39 is 10.0 Å². The normalized spacial score (nSPS) is 19.2. The van der Waals surface area contributed by atoms with Gasteiger partial charge in [-0.05, 0) is 45.4 Å². The molecule has 5 heteroatoms. The van der Waals surface area contributed by atoms with E-state index in [-0.39, 0.29) is 10.7 Å². The fraction of sp³-hybridized carbons (Fsp3) is 0.867. The van der Waals surface area contributed by atoms with Gasteiger partial charge in [-0.25, -0.2) is 8.42 Å². The van der Waals surface area contributed by atoms with E-state index in [1.54, 1.807) is 18.2 Å². The lowest BCUT2D eigenvalue weighted by atomic mass is 9.80. The molecule has 4 nitrogen and oxygen atoms in total. The maximum Gasteiger partial charge on any atom is 0.216 e. The first kappa shape index (κ1) is 17.7. The van der Waals surface area contributed by atoms with Crippen molar-refractivity contribution < 1.29 is 8.42 Å². The molecule has 0 spiro atoms. The second-order valence-corrected chi connectivity index (χ2v) is 9.74. The highest BCUT2D eigenvalue weighted by Crippen LogP contribution is 2.35. The van der Waals surface area contributed by atoms with Gasteiger partial charge in [0.15, 0.2) is 0 Å². The average Bonchev–Trinajstić information content (AvgIpc) is 2.26.